The van der Waals surface area contributed by atoms with E-state index in [9.17, 15) is 19.2 Å². The van der Waals surface area contributed by atoms with Crippen molar-refractivity contribution in [1.29, 1.82) is 0 Å². The van der Waals surface area contributed by atoms with Crippen LogP contribution in [0.5, 0.6) is 23.0 Å². The third-order valence-corrected chi connectivity index (χ3v) is 5.68. The summed E-state index contributed by atoms with van der Waals surface area (Å²) in [7, 11) is 0. The molecule has 0 amide bonds. The normalized spacial score (nSPS) is 14.3. The predicted octanol–water partition coefficient (Wildman–Crippen LogP) is 4.31. The molecule has 8 nitrogen and oxygen atoms in total. The van der Waals surface area contributed by atoms with Gasteiger partial charge in [0.1, 0.15) is 23.0 Å². The van der Waals surface area contributed by atoms with Gasteiger partial charge >= 0.3 is 17.9 Å². The summed E-state index contributed by atoms with van der Waals surface area (Å²) in [4.78, 5) is 47.9. The molecule has 0 N–H and O–H groups in total. The lowest BCUT2D eigenvalue weighted by molar-refractivity contribution is -0.132. The van der Waals surface area contributed by atoms with Gasteiger partial charge in [-0.3, -0.25) is 14.4 Å². The molecule has 0 unspecified atom stereocenters. The third-order valence-electron chi connectivity index (χ3n) is 5.68. The first kappa shape index (κ1) is 21.4. The highest BCUT2D eigenvalue weighted by atomic mass is 16.6. The Morgan fingerprint density at radius 3 is 1.76 bits per heavy atom. The molecular formula is C26H18O8. The Bertz CT molecular complexity index is 1350. The molecule has 0 aromatic heterocycles. The zero-order valence-corrected chi connectivity index (χ0v) is 18.5. The molecule has 3 aromatic rings. The Hall–Kier alpha value is -4.46. The summed E-state index contributed by atoms with van der Waals surface area (Å²) < 4.78 is 22.5. The lowest BCUT2D eigenvalue weighted by Gasteiger charge is -2.36. The standard InChI is InChI=1S/C26H18O8/c1-13(27)16-4-7-20-19(10-16)25(30)34-26(20)21-8-5-17(31-14(2)28)11-23(21)33-24-12-18(32-15(3)29)6-9-22(24)26/h4-12H,1-3H3. The molecule has 8 heteroatoms. The van der Waals surface area contributed by atoms with E-state index in [-0.39, 0.29) is 22.8 Å². The van der Waals surface area contributed by atoms with Crippen LogP contribution in [0, 0.1) is 0 Å². The van der Waals surface area contributed by atoms with Crippen molar-refractivity contribution in [1.82, 2.24) is 0 Å². The molecule has 2 heterocycles. The Morgan fingerprint density at radius 1 is 0.735 bits per heavy atom. The molecule has 1 spiro atoms. The lowest BCUT2D eigenvalue weighted by Crippen LogP contribution is -2.33. The molecule has 34 heavy (non-hydrogen) atoms. The minimum Gasteiger partial charge on any atom is -0.456 e. The van der Waals surface area contributed by atoms with Crippen molar-refractivity contribution in [3.63, 3.8) is 0 Å². The number of ketones is 1. The van der Waals surface area contributed by atoms with Crippen LogP contribution in [-0.4, -0.2) is 23.7 Å². The zero-order valence-electron chi connectivity index (χ0n) is 18.5. The van der Waals surface area contributed by atoms with E-state index in [0.717, 1.165) is 0 Å². The molecule has 5 rings (SSSR count). The predicted molar refractivity (Wildman–Crippen MR) is 117 cm³/mol. The highest BCUT2D eigenvalue weighted by molar-refractivity contribution is 6.01. The Morgan fingerprint density at radius 2 is 1.26 bits per heavy atom. The van der Waals surface area contributed by atoms with E-state index < -0.39 is 23.5 Å². The highest BCUT2D eigenvalue weighted by Gasteiger charge is 2.53. The van der Waals surface area contributed by atoms with Crippen molar-refractivity contribution in [2.75, 3.05) is 0 Å². The fraction of sp³-hybridized carbons (Fsp3) is 0.154. The summed E-state index contributed by atoms with van der Waals surface area (Å²) in [5.41, 5.74) is 0.829. The van der Waals surface area contributed by atoms with E-state index in [1.807, 2.05) is 0 Å². The van der Waals surface area contributed by atoms with Crippen LogP contribution in [0.15, 0.2) is 54.6 Å². The van der Waals surface area contributed by atoms with Gasteiger partial charge < -0.3 is 18.9 Å². The van der Waals surface area contributed by atoms with E-state index in [0.29, 0.717) is 33.8 Å². The molecule has 0 radical (unpaired) electrons. The first-order valence-corrected chi connectivity index (χ1v) is 10.4. The van der Waals surface area contributed by atoms with Gasteiger partial charge in [-0.25, -0.2) is 4.79 Å². The summed E-state index contributed by atoms with van der Waals surface area (Å²) in [6, 6.07) is 14.4. The maximum Gasteiger partial charge on any atom is 0.340 e. The van der Waals surface area contributed by atoms with Crippen LogP contribution in [0.25, 0.3) is 0 Å². The van der Waals surface area contributed by atoms with E-state index in [1.165, 1.54) is 39.0 Å². The Labute approximate surface area is 194 Å². The zero-order chi connectivity index (χ0) is 24.2. The van der Waals surface area contributed by atoms with Crippen molar-refractivity contribution >= 4 is 23.7 Å². The van der Waals surface area contributed by atoms with Gasteiger partial charge in [-0.05, 0) is 37.3 Å². The van der Waals surface area contributed by atoms with E-state index in [1.54, 1.807) is 36.4 Å². The SMILES string of the molecule is CC(=O)Oc1ccc2c(c1)Oc1cc(OC(C)=O)ccc1C21OC(=O)c2cc(C(C)=O)ccc21. The molecular weight excluding hydrogens is 440 g/mol. The lowest BCUT2D eigenvalue weighted by atomic mass is 9.77. The number of carbonyl (C=O) groups is 4. The van der Waals surface area contributed by atoms with Gasteiger partial charge in [-0.15, -0.1) is 0 Å². The molecule has 0 saturated carbocycles. The first-order valence-electron chi connectivity index (χ1n) is 10.4. The van der Waals surface area contributed by atoms with E-state index in [2.05, 4.69) is 0 Å². The second kappa shape index (κ2) is 7.55. The van der Waals surface area contributed by atoms with Gasteiger partial charge in [0.25, 0.3) is 0 Å². The minimum atomic E-state index is -1.38. The first-order chi connectivity index (χ1) is 16.2. The molecule has 0 atom stereocenters. The number of hydrogen-bond donors (Lipinski definition) is 0. The summed E-state index contributed by atoms with van der Waals surface area (Å²) >= 11 is 0. The number of rotatable bonds is 3. The van der Waals surface area contributed by atoms with Crippen LogP contribution in [-0.2, 0) is 19.9 Å². The van der Waals surface area contributed by atoms with Crippen LogP contribution in [0.4, 0.5) is 0 Å². The molecule has 170 valence electrons. The number of hydrogen-bond acceptors (Lipinski definition) is 8. The number of ether oxygens (including phenoxy) is 4. The largest absolute Gasteiger partial charge is 0.456 e. The number of carbonyl (C=O) groups excluding carboxylic acids is 4. The summed E-state index contributed by atoms with van der Waals surface area (Å²) in [6.07, 6.45) is 0. The van der Waals surface area contributed by atoms with Gasteiger partial charge in [-0.1, -0.05) is 12.1 Å². The fourth-order valence-electron chi connectivity index (χ4n) is 4.37. The van der Waals surface area contributed by atoms with E-state index in [4.69, 9.17) is 18.9 Å². The smallest absolute Gasteiger partial charge is 0.340 e. The van der Waals surface area contributed by atoms with E-state index >= 15 is 0 Å². The maximum atomic E-state index is 13.0. The topological polar surface area (TPSA) is 105 Å². The summed E-state index contributed by atoms with van der Waals surface area (Å²) in [6.45, 7) is 3.98. The average molecular weight is 458 g/mol. The van der Waals surface area contributed by atoms with Crippen LogP contribution in [0.2, 0.25) is 0 Å². The van der Waals surface area contributed by atoms with Crippen molar-refractivity contribution in [3.05, 3.63) is 82.4 Å². The Balaban J connectivity index is 1.77. The third kappa shape index (κ3) is 3.23. The van der Waals surface area contributed by atoms with Crippen LogP contribution in [0.1, 0.15) is 58.2 Å². The molecule has 0 bridgehead atoms. The number of Topliss-reactive ketones (excluding diaryl/α,β-unsaturated/α-hetero) is 1. The number of esters is 3. The molecule has 2 aliphatic rings. The summed E-state index contributed by atoms with van der Waals surface area (Å²) in [5.74, 6) is -0.693. The maximum absolute atomic E-state index is 13.0. The second-order valence-electron chi connectivity index (χ2n) is 7.99. The quantitative estimate of drug-likeness (QED) is 0.325. The monoisotopic (exact) mass is 458 g/mol. The van der Waals surface area contributed by atoms with Crippen LogP contribution < -0.4 is 14.2 Å². The molecule has 0 fully saturated rings. The van der Waals surface area contributed by atoms with Crippen molar-refractivity contribution < 1.29 is 38.1 Å². The van der Waals surface area contributed by atoms with Gasteiger partial charge in [0.05, 0.1) is 5.56 Å². The highest BCUT2D eigenvalue weighted by Crippen LogP contribution is 2.57. The molecule has 0 aliphatic carbocycles. The van der Waals surface area contributed by atoms with Gasteiger partial charge in [0, 0.05) is 48.2 Å². The molecule has 2 aliphatic heterocycles. The summed E-state index contributed by atoms with van der Waals surface area (Å²) in [5, 5.41) is 0. The second-order valence-corrected chi connectivity index (χ2v) is 7.99. The van der Waals surface area contributed by atoms with Crippen LogP contribution >= 0.6 is 0 Å². The Kier molecular flexibility index (Phi) is 4.75. The fourth-order valence-corrected chi connectivity index (χ4v) is 4.37. The number of fused-ring (bicyclic) bond motifs is 6. The van der Waals surface area contributed by atoms with Gasteiger partial charge in [0.15, 0.2) is 11.4 Å². The molecule has 0 saturated heterocycles. The van der Waals surface area contributed by atoms with Crippen molar-refractivity contribution in [2.45, 2.75) is 26.4 Å². The molecule has 3 aromatic carbocycles. The van der Waals surface area contributed by atoms with Crippen molar-refractivity contribution in [2.24, 2.45) is 0 Å². The van der Waals surface area contributed by atoms with Crippen molar-refractivity contribution in [3.8, 4) is 23.0 Å². The van der Waals surface area contributed by atoms with Crippen LogP contribution in [0.3, 0.4) is 0 Å². The van der Waals surface area contributed by atoms with Gasteiger partial charge in [0.2, 0.25) is 0 Å². The van der Waals surface area contributed by atoms with Gasteiger partial charge in [-0.2, -0.15) is 0 Å². The minimum absolute atomic E-state index is 0.179. The number of benzene rings is 3. The average Bonchev–Trinajstić information content (AvgIpc) is 3.05.